The molecule has 0 amide bonds. The molecule has 2 unspecified atom stereocenters. The highest BCUT2D eigenvalue weighted by Crippen LogP contribution is 2.11. The molecule has 0 saturated carbocycles. The predicted octanol–water partition coefficient (Wildman–Crippen LogP) is -0.315. The third kappa shape index (κ3) is 3.51. The van der Waals surface area contributed by atoms with Crippen LogP contribution in [0.3, 0.4) is 0 Å². The van der Waals surface area contributed by atoms with Gasteiger partial charge in [0.1, 0.15) is 0 Å². The van der Waals surface area contributed by atoms with Crippen LogP contribution in [0.2, 0.25) is 0 Å². The molecule has 3 N–H and O–H groups in total. The van der Waals surface area contributed by atoms with Crippen LogP contribution in [0.1, 0.15) is 13.3 Å². The van der Waals surface area contributed by atoms with Crippen LogP contribution in [0.15, 0.2) is 0 Å². The number of nitrogens with one attached hydrogen (secondary N) is 1. The summed E-state index contributed by atoms with van der Waals surface area (Å²) in [5.41, 5.74) is 5.45. The molecule has 0 spiro atoms. The summed E-state index contributed by atoms with van der Waals surface area (Å²) in [5.74, 6) is 0.664. The normalized spacial score (nSPS) is 27.4. The van der Waals surface area contributed by atoms with Gasteiger partial charge in [-0.05, 0) is 6.42 Å². The molecule has 1 heterocycles. The van der Waals surface area contributed by atoms with Crippen LogP contribution in [-0.2, 0) is 9.84 Å². The molecule has 6 heteroatoms. The van der Waals surface area contributed by atoms with E-state index in [0.29, 0.717) is 23.7 Å². The molecule has 14 heavy (non-hydrogen) atoms. The summed E-state index contributed by atoms with van der Waals surface area (Å²) in [6, 6.07) is 0.0804. The van der Waals surface area contributed by atoms with Crippen LogP contribution in [-0.4, -0.2) is 37.5 Å². The third-order valence-electron chi connectivity index (χ3n) is 2.43. The molecule has 4 nitrogen and oxygen atoms in total. The van der Waals surface area contributed by atoms with Crippen molar-refractivity contribution >= 4 is 27.0 Å². The highest BCUT2D eigenvalue weighted by molar-refractivity contribution is 7.91. The van der Waals surface area contributed by atoms with Gasteiger partial charge in [0.2, 0.25) is 0 Å². The van der Waals surface area contributed by atoms with E-state index >= 15 is 0 Å². The minimum Gasteiger partial charge on any atom is -0.393 e. The Morgan fingerprint density at radius 3 is 2.79 bits per heavy atom. The first-order valence-corrected chi connectivity index (χ1v) is 6.87. The fourth-order valence-corrected chi connectivity index (χ4v) is 3.19. The lowest BCUT2D eigenvalue weighted by Gasteiger charge is -2.14. The van der Waals surface area contributed by atoms with E-state index in [4.69, 9.17) is 18.0 Å². The molecule has 0 aromatic carbocycles. The molecule has 0 bridgehead atoms. The van der Waals surface area contributed by atoms with Gasteiger partial charge in [-0.3, -0.25) is 0 Å². The Kier molecular flexibility index (Phi) is 3.86. The van der Waals surface area contributed by atoms with Crippen molar-refractivity contribution in [3.63, 3.8) is 0 Å². The van der Waals surface area contributed by atoms with Gasteiger partial charge in [-0.2, -0.15) is 0 Å². The summed E-state index contributed by atoms with van der Waals surface area (Å²) >= 11 is 4.82. The Balaban J connectivity index is 2.31. The first-order valence-electron chi connectivity index (χ1n) is 4.64. The van der Waals surface area contributed by atoms with Gasteiger partial charge in [0, 0.05) is 18.5 Å². The molecule has 1 saturated heterocycles. The number of sulfone groups is 1. The summed E-state index contributed by atoms with van der Waals surface area (Å²) < 4.78 is 22.3. The zero-order valence-electron chi connectivity index (χ0n) is 8.19. The maximum Gasteiger partial charge on any atom is 0.151 e. The van der Waals surface area contributed by atoms with Gasteiger partial charge in [0.05, 0.1) is 16.5 Å². The number of hydrogen-bond acceptors (Lipinski definition) is 4. The van der Waals surface area contributed by atoms with Gasteiger partial charge < -0.3 is 11.1 Å². The first-order chi connectivity index (χ1) is 6.41. The Labute approximate surface area is 90.2 Å². The smallest absolute Gasteiger partial charge is 0.151 e. The molecule has 1 aliphatic heterocycles. The maximum atomic E-state index is 11.1. The molecule has 1 rings (SSSR count). The van der Waals surface area contributed by atoms with Crippen molar-refractivity contribution in [3.8, 4) is 0 Å². The second-order valence-corrected chi connectivity index (χ2v) is 6.51. The first kappa shape index (κ1) is 11.9. The standard InChI is InChI=1S/C8H16N2O2S2/c1-6(8(9)13)4-10-7-2-3-14(11,12)5-7/h6-7,10H,2-5H2,1H3,(H2,9,13). The summed E-state index contributed by atoms with van der Waals surface area (Å²) in [4.78, 5) is 0.471. The fraction of sp³-hybridized carbons (Fsp3) is 0.875. The van der Waals surface area contributed by atoms with Crippen molar-refractivity contribution in [2.75, 3.05) is 18.1 Å². The maximum absolute atomic E-state index is 11.1. The average molecular weight is 236 g/mol. The van der Waals surface area contributed by atoms with Crippen LogP contribution in [0, 0.1) is 5.92 Å². The van der Waals surface area contributed by atoms with E-state index < -0.39 is 9.84 Å². The van der Waals surface area contributed by atoms with Crippen LogP contribution in [0.5, 0.6) is 0 Å². The summed E-state index contributed by atoms with van der Waals surface area (Å²) in [6.45, 7) is 2.59. The third-order valence-corrected chi connectivity index (χ3v) is 4.60. The SMILES string of the molecule is CC(CNC1CCS(=O)(=O)C1)C(N)=S. The molecule has 2 atom stereocenters. The lowest BCUT2D eigenvalue weighted by molar-refractivity contribution is 0.524. The monoisotopic (exact) mass is 236 g/mol. The topological polar surface area (TPSA) is 72.2 Å². The Bertz CT molecular complexity index is 313. The van der Waals surface area contributed by atoms with Crippen molar-refractivity contribution in [2.45, 2.75) is 19.4 Å². The minimum absolute atomic E-state index is 0.0804. The van der Waals surface area contributed by atoms with E-state index in [2.05, 4.69) is 5.32 Å². The lowest BCUT2D eigenvalue weighted by Crippen LogP contribution is -2.37. The van der Waals surface area contributed by atoms with Crippen LogP contribution >= 0.6 is 12.2 Å². The number of thiocarbonyl (C=S) groups is 1. The molecule has 1 fully saturated rings. The van der Waals surface area contributed by atoms with E-state index in [0.717, 1.165) is 0 Å². The van der Waals surface area contributed by atoms with E-state index in [1.54, 1.807) is 0 Å². The number of rotatable bonds is 4. The Hall–Kier alpha value is -0.200. The Morgan fingerprint density at radius 2 is 2.36 bits per heavy atom. The molecule has 82 valence electrons. The van der Waals surface area contributed by atoms with Crippen molar-refractivity contribution in [1.29, 1.82) is 0 Å². The summed E-state index contributed by atoms with van der Waals surface area (Å²) in [5, 5.41) is 3.17. The van der Waals surface area contributed by atoms with Gasteiger partial charge in [0.25, 0.3) is 0 Å². The molecular formula is C8H16N2O2S2. The van der Waals surface area contributed by atoms with Crippen LogP contribution in [0.4, 0.5) is 0 Å². The van der Waals surface area contributed by atoms with Gasteiger partial charge in [-0.1, -0.05) is 19.1 Å². The van der Waals surface area contributed by atoms with Gasteiger partial charge in [-0.25, -0.2) is 8.42 Å². The van der Waals surface area contributed by atoms with Gasteiger partial charge in [0.15, 0.2) is 9.84 Å². The van der Waals surface area contributed by atoms with Gasteiger partial charge >= 0.3 is 0 Å². The number of hydrogen-bond donors (Lipinski definition) is 2. The minimum atomic E-state index is -2.79. The highest BCUT2D eigenvalue weighted by Gasteiger charge is 2.27. The lowest BCUT2D eigenvalue weighted by atomic mass is 10.1. The number of nitrogens with two attached hydrogens (primary N) is 1. The molecular weight excluding hydrogens is 220 g/mol. The molecule has 0 aromatic rings. The van der Waals surface area contributed by atoms with E-state index in [1.165, 1.54) is 0 Å². The van der Waals surface area contributed by atoms with Crippen molar-refractivity contribution < 1.29 is 8.42 Å². The Morgan fingerprint density at radius 1 is 1.71 bits per heavy atom. The zero-order chi connectivity index (χ0) is 10.8. The van der Waals surface area contributed by atoms with Crippen molar-refractivity contribution in [3.05, 3.63) is 0 Å². The van der Waals surface area contributed by atoms with Gasteiger partial charge in [-0.15, -0.1) is 0 Å². The summed E-state index contributed by atoms with van der Waals surface area (Å²) in [6.07, 6.45) is 0.701. The van der Waals surface area contributed by atoms with Crippen LogP contribution in [0.25, 0.3) is 0 Å². The molecule has 0 radical (unpaired) electrons. The quantitative estimate of drug-likeness (QED) is 0.655. The van der Waals surface area contributed by atoms with Crippen LogP contribution < -0.4 is 11.1 Å². The van der Waals surface area contributed by atoms with Crippen molar-refractivity contribution in [2.24, 2.45) is 11.7 Å². The molecule has 1 aliphatic rings. The largest absolute Gasteiger partial charge is 0.393 e. The predicted molar refractivity (Wildman–Crippen MR) is 61.0 cm³/mol. The van der Waals surface area contributed by atoms with E-state index in [9.17, 15) is 8.42 Å². The second kappa shape index (κ2) is 4.55. The van der Waals surface area contributed by atoms with E-state index in [1.807, 2.05) is 6.92 Å². The van der Waals surface area contributed by atoms with E-state index in [-0.39, 0.29) is 17.7 Å². The molecule has 0 aliphatic carbocycles. The zero-order valence-corrected chi connectivity index (χ0v) is 9.83. The fourth-order valence-electron chi connectivity index (χ4n) is 1.40. The highest BCUT2D eigenvalue weighted by atomic mass is 32.2. The summed E-state index contributed by atoms with van der Waals surface area (Å²) in [7, 11) is -2.79. The molecule has 0 aromatic heterocycles. The second-order valence-electron chi connectivity index (χ2n) is 3.81. The van der Waals surface area contributed by atoms with Crippen molar-refractivity contribution in [1.82, 2.24) is 5.32 Å². The average Bonchev–Trinajstić information content (AvgIpc) is 2.41.